The Hall–Kier alpha value is -1.89. The molecule has 126 valence electrons. The molecule has 2 rings (SSSR count). The summed E-state index contributed by atoms with van der Waals surface area (Å²) < 4.78 is 10.6. The number of nitrogens with one attached hydrogen (secondary N) is 1. The highest BCUT2D eigenvalue weighted by Gasteiger charge is 2.29. The van der Waals surface area contributed by atoms with E-state index in [9.17, 15) is 9.90 Å². The van der Waals surface area contributed by atoms with Crippen LogP contribution in [-0.4, -0.2) is 36.7 Å². The zero-order valence-electron chi connectivity index (χ0n) is 13.7. The normalized spacial score (nSPS) is 20.5. The second-order valence-electron chi connectivity index (χ2n) is 6.00. The van der Waals surface area contributed by atoms with Crippen LogP contribution >= 0.6 is 0 Å². The Labute approximate surface area is 136 Å². The topological polar surface area (TPSA) is 77.0 Å². The maximum absolute atomic E-state index is 12.0. The fourth-order valence-electron chi connectivity index (χ4n) is 2.48. The van der Waals surface area contributed by atoms with Crippen molar-refractivity contribution in [3.8, 4) is 0 Å². The summed E-state index contributed by atoms with van der Waals surface area (Å²) in [6, 6.07) is 8.63. The van der Waals surface area contributed by atoms with Crippen LogP contribution in [0.2, 0.25) is 0 Å². The van der Waals surface area contributed by atoms with Crippen molar-refractivity contribution in [3.63, 3.8) is 0 Å². The Bertz CT molecular complexity index is 568. The molecule has 0 amide bonds. The number of methoxy groups -OCH3 is 1. The van der Waals surface area contributed by atoms with Gasteiger partial charge in [0, 0.05) is 7.11 Å². The van der Waals surface area contributed by atoms with Crippen LogP contribution in [0.4, 0.5) is 0 Å². The van der Waals surface area contributed by atoms with E-state index in [0.717, 1.165) is 5.57 Å². The van der Waals surface area contributed by atoms with Gasteiger partial charge in [-0.3, -0.25) is 0 Å². The molecule has 6 heteroatoms. The monoisotopic (exact) mass is 321 g/mol. The van der Waals surface area contributed by atoms with Crippen LogP contribution in [0.15, 0.2) is 41.6 Å². The van der Waals surface area contributed by atoms with E-state index in [-0.39, 0.29) is 5.60 Å². The molecule has 1 heterocycles. The van der Waals surface area contributed by atoms with E-state index in [1.807, 2.05) is 19.9 Å². The smallest absolute Gasteiger partial charge is 0.362 e. The largest absolute Gasteiger partial charge is 0.375 e. The van der Waals surface area contributed by atoms with Crippen LogP contribution in [-0.2, 0) is 14.3 Å². The first-order valence-electron chi connectivity index (χ1n) is 7.52. The van der Waals surface area contributed by atoms with Crippen molar-refractivity contribution in [2.45, 2.75) is 38.6 Å². The number of hydrogen-bond acceptors (Lipinski definition) is 6. The maximum Gasteiger partial charge on any atom is 0.362 e. The average Bonchev–Trinajstić information content (AvgIpc) is 2.54. The summed E-state index contributed by atoms with van der Waals surface area (Å²) in [5, 5.41) is 10.0. The van der Waals surface area contributed by atoms with E-state index in [2.05, 4.69) is 5.48 Å². The highest BCUT2D eigenvalue weighted by atomic mass is 16.7. The van der Waals surface area contributed by atoms with Crippen molar-refractivity contribution in [1.82, 2.24) is 5.48 Å². The van der Waals surface area contributed by atoms with Gasteiger partial charge in [0.15, 0.2) is 6.29 Å². The van der Waals surface area contributed by atoms with Crippen molar-refractivity contribution in [2.75, 3.05) is 13.7 Å². The molecule has 6 nitrogen and oxygen atoms in total. The highest BCUT2D eigenvalue weighted by Crippen LogP contribution is 2.30. The molecular formula is C17H23NO5. The van der Waals surface area contributed by atoms with Gasteiger partial charge >= 0.3 is 5.97 Å². The van der Waals surface area contributed by atoms with E-state index in [1.54, 1.807) is 24.3 Å². The van der Waals surface area contributed by atoms with Gasteiger partial charge in [0.05, 0.1) is 17.8 Å². The van der Waals surface area contributed by atoms with Gasteiger partial charge in [-0.2, -0.15) is 0 Å². The molecule has 0 radical (unpaired) electrons. The SMILES string of the molecule is COC(O)/C(NOC(=O)c1ccccc1)=C1/CCOC(C)(C)C1. The van der Waals surface area contributed by atoms with Crippen LogP contribution in [0, 0.1) is 0 Å². The molecule has 0 bridgehead atoms. The molecule has 0 saturated carbocycles. The lowest BCUT2D eigenvalue weighted by Crippen LogP contribution is -2.35. The molecule has 1 aromatic rings. The second kappa shape index (κ2) is 7.59. The number of carbonyl (C=O) groups excluding carboxylic acids is 1. The third-order valence-corrected chi connectivity index (χ3v) is 3.65. The predicted octanol–water partition coefficient (Wildman–Crippen LogP) is 2.16. The van der Waals surface area contributed by atoms with Gasteiger partial charge in [-0.25, -0.2) is 10.3 Å². The summed E-state index contributed by atoms with van der Waals surface area (Å²) in [7, 11) is 1.39. The van der Waals surface area contributed by atoms with Crippen molar-refractivity contribution >= 4 is 5.97 Å². The van der Waals surface area contributed by atoms with E-state index in [1.165, 1.54) is 7.11 Å². The molecule has 1 aliphatic rings. The Balaban J connectivity index is 2.12. The summed E-state index contributed by atoms with van der Waals surface area (Å²) in [4.78, 5) is 17.1. The Kier molecular flexibility index (Phi) is 5.76. The van der Waals surface area contributed by atoms with Crippen LogP contribution < -0.4 is 5.48 Å². The van der Waals surface area contributed by atoms with Crippen LogP contribution in [0.3, 0.4) is 0 Å². The first-order chi connectivity index (χ1) is 10.9. The molecule has 0 aromatic heterocycles. The number of aliphatic hydroxyl groups is 1. The van der Waals surface area contributed by atoms with Crippen molar-refractivity contribution < 1.29 is 24.2 Å². The minimum Gasteiger partial charge on any atom is -0.375 e. The molecular weight excluding hydrogens is 298 g/mol. The predicted molar refractivity (Wildman–Crippen MR) is 84.3 cm³/mol. The third-order valence-electron chi connectivity index (χ3n) is 3.65. The zero-order valence-corrected chi connectivity index (χ0v) is 13.7. The summed E-state index contributed by atoms with van der Waals surface area (Å²) in [6.45, 7) is 4.48. The second-order valence-corrected chi connectivity index (χ2v) is 6.00. The van der Waals surface area contributed by atoms with Crippen LogP contribution in [0.25, 0.3) is 0 Å². The lowest BCUT2D eigenvalue weighted by molar-refractivity contribution is -0.0696. The number of ether oxygens (including phenoxy) is 2. The van der Waals surface area contributed by atoms with E-state index >= 15 is 0 Å². The van der Waals surface area contributed by atoms with E-state index < -0.39 is 12.3 Å². The summed E-state index contributed by atoms with van der Waals surface area (Å²) in [6.07, 6.45) is 0.0516. The van der Waals surface area contributed by atoms with Gasteiger partial charge in [0.25, 0.3) is 0 Å². The Morgan fingerprint density at radius 1 is 1.35 bits per heavy atom. The summed E-state index contributed by atoms with van der Waals surface area (Å²) in [5.74, 6) is -0.529. The van der Waals surface area contributed by atoms with Gasteiger partial charge in [-0.15, -0.1) is 0 Å². The summed E-state index contributed by atoms with van der Waals surface area (Å²) >= 11 is 0. The number of benzene rings is 1. The third kappa shape index (κ3) is 4.79. The lowest BCUT2D eigenvalue weighted by atomic mass is 9.92. The number of aliphatic hydroxyl groups excluding tert-OH is 1. The van der Waals surface area contributed by atoms with Crippen molar-refractivity contribution in [3.05, 3.63) is 47.2 Å². The summed E-state index contributed by atoms with van der Waals surface area (Å²) in [5.41, 5.74) is 3.93. The molecule has 0 spiro atoms. The van der Waals surface area contributed by atoms with Gasteiger partial charge in [0.2, 0.25) is 0 Å². The molecule has 23 heavy (non-hydrogen) atoms. The van der Waals surface area contributed by atoms with Gasteiger partial charge in [-0.05, 0) is 44.4 Å². The molecule has 0 aliphatic carbocycles. The molecule has 1 fully saturated rings. The van der Waals surface area contributed by atoms with E-state index in [0.29, 0.717) is 30.7 Å². The Morgan fingerprint density at radius 3 is 2.65 bits per heavy atom. The number of hydrogen-bond donors (Lipinski definition) is 2. The zero-order chi connectivity index (χ0) is 16.9. The number of rotatable bonds is 5. The quantitative estimate of drug-likeness (QED) is 0.639. The maximum atomic E-state index is 12.0. The first kappa shape index (κ1) is 17.5. The van der Waals surface area contributed by atoms with Gasteiger partial charge < -0.3 is 19.4 Å². The fraction of sp³-hybridized carbons (Fsp3) is 0.471. The number of hydroxylamine groups is 1. The molecule has 1 aromatic carbocycles. The molecule has 1 unspecified atom stereocenters. The molecule has 2 N–H and O–H groups in total. The van der Waals surface area contributed by atoms with Crippen LogP contribution in [0.1, 0.15) is 37.0 Å². The average molecular weight is 321 g/mol. The lowest BCUT2D eigenvalue weighted by Gasteiger charge is -2.33. The minimum absolute atomic E-state index is 0.336. The fourth-order valence-corrected chi connectivity index (χ4v) is 2.48. The standard InChI is InChI=1S/C17H23NO5/c1-17(2)11-13(9-10-22-17)14(16(20)21-3)18-23-15(19)12-7-5-4-6-8-12/h4-8,16,18,20H,9-11H2,1-3H3/b14-13+. The first-order valence-corrected chi connectivity index (χ1v) is 7.52. The molecule has 1 saturated heterocycles. The van der Waals surface area contributed by atoms with Crippen molar-refractivity contribution in [2.24, 2.45) is 0 Å². The number of carbonyl (C=O) groups is 1. The minimum atomic E-state index is -1.19. The van der Waals surface area contributed by atoms with Gasteiger partial charge in [0.1, 0.15) is 5.70 Å². The van der Waals surface area contributed by atoms with Crippen LogP contribution in [0.5, 0.6) is 0 Å². The molecule has 1 aliphatic heterocycles. The highest BCUT2D eigenvalue weighted by molar-refractivity contribution is 5.89. The Morgan fingerprint density at radius 2 is 2.04 bits per heavy atom. The van der Waals surface area contributed by atoms with E-state index in [4.69, 9.17) is 14.3 Å². The van der Waals surface area contributed by atoms with Crippen molar-refractivity contribution in [1.29, 1.82) is 0 Å². The van der Waals surface area contributed by atoms with Gasteiger partial charge in [-0.1, -0.05) is 18.2 Å². The molecule has 1 atom stereocenters.